The Labute approximate surface area is 247 Å². The molecule has 3 heterocycles. The molecule has 8 aromatic rings. The van der Waals surface area contributed by atoms with Crippen LogP contribution in [0, 0.1) is 0 Å². The van der Waals surface area contributed by atoms with E-state index in [-0.39, 0.29) is 0 Å². The standard InChI is InChI=1S/C39H26N2S/c1-2-11-30-26(8-1)22-23-40-38(30)27-18-16-25(17-19-27)28-9-7-10-29(24-28)41-34-14-5-3-12-31(34)32-20-21-36-37(39(32)41)33-13-4-6-15-35(33)42-36/h1-22,24,40H,23H2. The highest BCUT2D eigenvalue weighted by molar-refractivity contribution is 7.26. The molecule has 0 saturated carbocycles. The quantitative estimate of drug-likeness (QED) is 0.232. The number of para-hydroxylation sites is 1. The first-order valence-electron chi connectivity index (χ1n) is 14.4. The van der Waals surface area contributed by atoms with Crippen molar-refractivity contribution in [1.82, 2.24) is 9.88 Å². The summed E-state index contributed by atoms with van der Waals surface area (Å²) < 4.78 is 5.13. The van der Waals surface area contributed by atoms with Crippen LogP contribution in [0.25, 0.3) is 70.6 Å². The summed E-state index contributed by atoms with van der Waals surface area (Å²) in [4.78, 5) is 0. The molecule has 6 aromatic carbocycles. The summed E-state index contributed by atoms with van der Waals surface area (Å²) in [6.07, 6.45) is 2.25. The van der Waals surface area contributed by atoms with Crippen LogP contribution in [0.3, 0.4) is 0 Å². The Bertz CT molecular complexity index is 2460. The van der Waals surface area contributed by atoms with Crippen molar-refractivity contribution in [3.63, 3.8) is 0 Å². The Morgan fingerprint density at radius 1 is 0.571 bits per heavy atom. The average molecular weight is 555 g/mol. The van der Waals surface area contributed by atoms with Crippen LogP contribution in [0.2, 0.25) is 0 Å². The fourth-order valence-corrected chi connectivity index (χ4v) is 7.81. The van der Waals surface area contributed by atoms with Gasteiger partial charge in [0.25, 0.3) is 0 Å². The molecular formula is C39H26N2S. The SMILES string of the molecule is C1=c2ccccc2=C(c2ccc(-c3cccc(-n4c5ccccc5c5ccc6sc7ccccc7c6c54)c3)cc2)NC1. The lowest BCUT2D eigenvalue weighted by Crippen LogP contribution is -2.37. The molecule has 0 aliphatic carbocycles. The third kappa shape index (κ3) is 3.50. The summed E-state index contributed by atoms with van der Waals surface area (Å²) in [6, 6.07) is 48.8. The second kappa shape index (κ2) is 9.20. The summed E-state index contributed by atoms with van der Waals surface area (Å²) in [5.74, 6) is 0. The molecule has 1 aliphatic heterocycles. The summed E-state index contributed by atoms with van der Waals surface area (Å²) >= 11 is 1.88. The van der Waals surface area contributed by atoms with Gasteiger partial charge in [-0.2, -0.15) is 0 Å². The van der Waals surface area contributed by atoms with E-state index >= 15 is 0 Å². The van der Waals surface area contributed by atoms with E-state index in [4.69, 9.17) is 0 Å². The van der Waals surface area contributed by atoms with E-state index in [1.807, 2.05) is 11.3 Å². The van der Waals surface area contributed by atoms with E-state index in [2.05, 4.69) is 149 Å². The summed E-state index contributed by atoms with van der Waals surface area (Å²) in [6.45, 7) is 0.849. The zero-order valence-electron chi connectivity index (χ0n) is 22.8. The van der Waals surface area contributed by atoms with Gasteiger partial charge in [0.1, 0.15) is 0 Å². The van der Waals surface area contributed by atoms with E-state index in [1.165, 1.54) is 80.5 Å². The molecule has 0 spiro atoms. The molecule has 0 fully saturated rings. The van der Waals surface area contributed by atoms with Gasteiger partial charge < -0.3 is 9.88 Å². The van der Waals surface area contributed by atoms with E-state index in [0.29, 0.717) is 0 Å². The predicted octanol–water partition coefficient (Wildman–Crippen LogP) is 8.36. The van der Waals surface area contributed by atoms with E-state index < -0.39 is 0 Å². The van der Waals surface area contributed by atoms with Crippen LogP contribution >= 0.6 is 11.3 Å². The normalized spacial score (nSPS) is 13.0. The fraction of sp³-hybridized carbons (Fsp3) is 0.0256. The molecule has 42 heavy (non-hydrogen) atoms. The number of hydrogen-bond donors (Lipinski definition) is 1. The molecule has 0 unspecified atom stereocenters. The number of thiophene rings is 1. The van der Waals surface area contributed by atoms with Gasteiger partial charge in [0.15, 0.2) is 0 Å². The van der Waals surface area contributed by atoms with Gasteiger partial charge in [0, 0.05) is 54.1 Å². The smallest absolute Gasteiger partial charge is 0.0634 e. The van der Waals surface area contributed by atoms with Crippen molar-refractivity contribution in [2.75, 3.05) is 6.54 Å². The zero-order chi connectivity index (χ0) is 27.6. The third-order valence-corrected chi connectivity index (χ3v) is 9.75. The molecule has 2 aromatic heterocycles. The Kier molecular flexibility index (Phi) is 5.16. The van der Waals surface area contributed by atoms with Crippen LogP contribution < -0.4 is 15.8 Å². The Morgan fingerprint density at radius 3 is 2.29 bits per heavy atom. The highest BCUT2D eigenvalue weighted by Gasteiger charge is 2.18. The molecule has 0 radical (unpaired) electrons. The van der Waals surface area contributed by atoms with Crippen LogP contribution in [-0.2, 0) is 0 Å². The third-order valence-electron chi connectivity index (χ3n) is 8.62. The lowest BCUT2D eigenvalue weighted by molar-refractivity contribution is 1.01. The van der Waals surface area contributed by atoms with Gasteiger partial charge in [-0.05, 0) is 52.2 Å². The molecule has 3 heteroatoms. The van der Waals surface area contributed by atoms with E-state index in [9.17, 15) is 0 Å². The van der Waals surface area contributed by atoms with Crippen molar-refractivity contribution in [3.05, 3.63) is 149 Å². The van der Waals surface area contributed by atoms with Gasteiger partial charge in [0.05, 0.1) is 11.0 Å². The van der Waals surface area contributed by atoms with Crippen molar-refractivity contribution in [1.29, 1.82) is 0 Å². The highest BCUT2D eigenvalue weighted by Crippen LogP contribution is 2.43. The molecule has 0 saturated heterocycles. The molecular weight excluding hydrogens is 529 g/mol. The largest absolute Gasteiger partial charge is 0.381 e. The zero-order valence-corrected chi connectivity index (χ0v) is 23.7. The van der Waals surface area contributed by atoms with Crippen LogP contribution in [0.4, 0.5) is 0 Å². The lowest BCUT2D eigenvalue weighted by atomic mass is 10.00. The van der Waals surface area contributed by atoms with Crippen LogP contribution in [0.5, 0.6) is 0 Å². The molecule has 0 amide bonds. The van der Waals surface area contributed by atoms with Crippen molar-refractivity contribution in [3.8, 4) is 16.8 Å². The Morgan fingerprint density at radius 2 is 1.36 bits per heavy atom. The fourth-order valence-electron chi connectivity index (χ4n) is 6.71. The van der Waals surface area contributed by atoms with Gasteiger partial charge in [-0.25, -0.2) is 0 Å². The first kappa shape index (κ1) is 23.6. The second-order valence-electron chi connectivity index (χ2n) is 11.0. The maximum Gasteiger partial charge on any atom is 0.0634 e. The van der Waals surface area contributed by atoms with Crippen LogP contribution in [-0.4, -0.2) is 11.1 Å². The van der Waals surface area contributed by atoms with Crippen LogP contribution in [0.1, 0.15) is 5.56 Å². The minimum absolute atomic E-state index is 0.849. The number of hydrogen-bond acceptors (Lipinski definition) is 2. The molecule has 198 valence electrons. The monoisotopic (exact) mass is 554 g/mol. The van der Waals surface area contributed by atoms with Crippen molar-refractivity contribution in [2.24, 2.45) is 0 Å². The van der Waals surface area contributed by atoms with Crippen molar-refractivity contribution >= 4 is 65.1 Å². The maximum atomic E-state index is 3.60. The number of nitrogens with zero attached hydrogens (tertiary/aromatic N) is 1. The lowest BCUT2D eigenvalue weighted by Gasteiger charge is -2.15. The number of benzene rings is 6. The minimum Gasteiger partial charge on any atom is -0.381 e. The molecule has 1 aliphatic rings. The molecule has 1 N–H and O–H groups in total. The van der Waals surface area contributed by atoms with Gasteiger partial charge >= 0.3 is 0 Å². The summed E-state index contributed by atoms with van der Waals surface area (Å²) in [7, 11) is 0. The molecule has 0 atom stereocenters. The van der Waals surface area contributed by atoms with Gasteiger partial charge in [-0.3, -0.25) is 0 Å². The second-order valence-corrected chi connectivity index (χ2v) is 12.0. The molecule has 9 rings (SSSR count). The molecule has 2 nitrogen and oxygen atoms in total. The first-order valence-corrected chi connectivity index (χ1v) is 15.2. The van der Waals surface area contributed by atoms with Crippen LogP contribution in [0.15, 0.2) is 133 Å². The summed E-state index contributed by atoms with van der Waals surface area (Å²) in [5, 5.41) is 11.4. The van der Waals surface area contributed by atoms with Gasteiger partial charge in [0.2, 0.25) is 0 Å². The van der Waals surface area contributed by atoms with E-state index in [0.717, 1.165) is 6.54 Å². The summed E-state index contributed by atoms with van der Waals surface area (Å²) in [5.41, 5.74) is 8.53. The molecule has 0 bridgehead atoms. The Hall–Kier alpha value is -5.12. The average Bonchev–Trinajstić information content (AvgIpc) is 3.60. The Balaban J connectivity index is 1.23. The number of rotatable bonds is 3. The minimum atomic E-state index is 0.849. The topological polar surface area (TPSA) is 17.0 Å². The number of aromatic nitrogens is 1. The highest BCUT2D eigenvalue weighted by atomic mass is 32.1. The number of nitrogens with one attached hydrogen (secondary N) is 1. The van der Waals surface area contributed by atoms with E-state index in [1.54, 1.807) is 0 Å². The first-order chi connectivity index (χ1) is 20.8. The predicted molar refractivity (Wildman–Crippen MR) is 180 cm³/mol. The van der Waals surface area contributed by atoms with Gasteiger partial charge in [-0.15, -0.1) is 11.3 Å². The van der Waals surface area contributed by atoms with Crippen molar-refractivity contribution in [2.45, 2.75) is 0 Å². The van der Waals surface area contributed by atoms with Gasteiger partial charge in [-0.1, -0.05) is 109 Å². The maximum absolute atomic E-state index is 3.60. The number of fused-ring (bicyclic) bond motifs is 8. The van der Waals surface area contributed by atoms with Crippen molar-refractivity contribution < 1.29 is 0 Å².